The molecule has 1 aliphatic rings. The minimum Gasteiger partial charge on any atom is -0.313 e. The van der Waals surface area contributed by atoms with Crippen molar-refractivity contribution in [1.29, 1.82) is 0 Å². The van der Waals surface area contributed by atoms with Gasteiger partial charge < -0.3 is 9.47 Å². The molecule has 0 amide bonds. The van der Waals surface area contributed by atoms with Gasteiger partial charge in [-0.25, -0.2) is 0 Å². The highest BCUT2D eigenvalue weighted by Gasteiger charge is 2.20. The Hall–Kier alpha value is -7.42. The summed E-state index contributed by atoms with van der Waals surface area (Å²) in [6.45, 7) is 0. The molecule has 0 radical (unpaired) electrons. The van der Waals surface area contributed by atoms with Crippen LogP contribution in [0.5, 0.6) is 0 Å². The molecular weight excluding hydrogens is 701 g/mol. The predicted octanol–water partition coefficient (Wildman–Crippen LogP) is 15.6. The molecule has 2 nitrogen and oxygen atoms in total. The molecule has 1 aliphatic carbocycles. The van der Waals surface area contributed by atoms with Gasteiger partial charge in [0.2, 0.25) is 0 Å². The number of allylic oxidation sites excluding steroid dienone is 4. The van der Waals surface area contributed by atoms with Gasteiger partial charge in [0.05, 0.1) is 16.7 Å². The molecule has 1 heterocycles. The van der Waals surface area contributed by atoms with E-state index in [1.165, 1.54) is 82.4 Å². The van der Waals surface area contributed by atoms with Crippen molar-refractivity contribution in [3.05, 3.63) is 224 Å². The second-order valence-electron chi connectivity index (χ2n) is 15.3. The van der Waals surface area contributed by atoms with Gasteiger partial charge in [0.15, 0.2) is 0 Å². The van der Waals surface area contributed by atoms with Crippen LogP contribution in [-0.4, -0.2) is 4.57 Å². The third-order valence-electron chi connectivity index (χ3n) is 11.9. The van der Waals surface area contributed by atoms with E-state index in [-0.39, 0.29) is 0 Å². The normalized spacial score (nSPS) is 12.9. The first kappa shape index (κ1) is 33.9. The molecular formula is C56H40N2. The Morgan fingerprint density at radius 3 is 1.71 bits per heavy atom. The maximum Gasteiger partial charge on any atom is 0.0544 e. The first-order chi connectivity index (χ1) is 28.8. The molecule has 0 spiro atoms. The fraction of sp³-hybridized carbons (Fsp3) is 0.0357. The number of rotatable bonds is 7. The van der Waals surface area contributed by atoms with Gasteiger partial charge in [-0.05, 0) is 117 Å². The van der Waals surface area contributed by atoms with Gasteiger partial charge in [-0.1, -0.05) is 164 Å². The summed E-state index contributed by atoms with van der Waals surface area (Å²) in [4.78, 5) is 2.41. The Labute approximate surface area is 338 Å². The van der Waals surface area contributed by atoms with Crippen LogP contribution in [0.3, 0.4) is 0 Å². The molecule has 11 rings (SSSR count). The summed E-state index contributed by atoms with van der Waals surface area (Å²) in [5.74, 6) is 0. The van der Waals surface area contributed by atoms with Gasteiger partial charge >= 0.3 is 0 Å². The standard InChI is InChI=1S/C56H40N2/c1-2-13-39(14-3-1)40-25-31-46(32-26-40)57(54-23-10-8-20-51(54)50-22-12-18-43-15-6-7-19-49(43)50)47-33-27-41(28-34-47)42-29-35-48(36-30-42)58-55-24-11-9-21-52(55)53-37-44-16-4-5-17-45(44)38-56(53)58/h1-29,31-35,37-38H,30,36H2. The molecule has 0 atom stereocenters. The Balaban J connectivity index is 0.986. The van der Waals surface area contributed by atoms with Crippen molar-refractivity contribution >= 4 is 71.7 Å². The highest BCUT2D eigenvalue weighted by Crippen LogP contribution is 2.44. The van der Waals surface area contributed by atoms with Crippen LogP contribution in [-0.2, 0) is 0 Å². The average Bonchev–Trinajstić information content (AvgIpc) is 3.62. The van der Waals surface area contributed by atoms with Gasteiger partial charge in [-0.3, -0.25) is 0 Å². The summed E-state index contributed by atoms with van der Waals surface area (Å²) >= 11 is 0. The number of hydrogen-bond acceptors (Lipinski definition) is 1. The molecule has 0 N–H and O–H groups in total. The van der Waals surface area contributed by atoms with E-state index >= 15 is 0 Å². The Morgan fingerprint density at radius 2 is 0.948 bits per heavy atom. The van der Waals surface area contributed by atoms with E-state index in [1.807, 2.05) is 0 Å². The highest BCUT2D eigenvalue weighted by molar-refractivity contribution is 6.14. The molecule has 0 fully saturated rings. The monoisotopic (exact) mass is 740 g/mol. The van der Waals surface area contributed by atoms with Crippen molar-refractivity contribution in [3.8, 4) is 22.3 Å². The summed E-state index contributed by atoms with van der Waals surface area (Å²) in [6.07, 6.45) is 6.62. The second kappa shape index (κ2) is 14.3. The lowest BCUT2D eigenvalue weighted by Gasteiger charge is -2.28. The third-order valence-corrected chi connectivity index (χ3v) is 11.9. The minimum atomic E-state index is 0.965. The predicted molar refractivity (Wildman–Crippen MR) is 248 cm³/mol. The maximum absolute atomic E-state index is 2.49. The topological polar surface area (TPSA) is 8.17 Å². The van der Waals surface area contributed by atoms with Crippen LogP contribution in [0.25, 0.3) is 76.9 Å². The number of benzene rings is 9. The van der Waals surface area contributed by atoms with Gasteiger partial charge in [0.25, 0.3) is 0 Å². The molecule has 0 bridgehead atoms. The zero-order valence-corrected chi connectivity index (χ0v) is 32.1. The van der Waals surface area contributed by atoms with Crippen LogP contribution in [0.4, 0.5) is 17.1 Å². The van der Waals surface area contributed by atoms with Gasteiger partial charge in [-0.15, -0.1) is 0 Å². The molecule has 2 heteroatoms. The Morgan fingerprint density at radius 1 is 0.362 bits per heavy atom. The fourth-order valence-corrected chi connectivity index (χ4v) is 9.06. The maximum atomic E-state index is 2.49. The van der Waals surface area contributed by atoms with Crippen molar-refractivity contribution in [2.24, 2.45) is 0 Å². The molecule has 10 aromatic rings. The van der Waals surface area contributed by atoms with Crippen LogP contribution >= 0.6 is 0 Å². The zero-order chi connectivity index (χ0) is 38.4. The Kier molecular flexibility index (Phi) is 8.33. The fourth-order valence-electron chi connectivity index (χ4n) is 9.06. The number of nitrogens with zero attached hydrogens (tertiary/aromatic N) is 2. The largest absolute Gasteiger partial charge is 0.313 e. The summed E-state index contributed by atoms with van der Waals surface area (Å²) in [6, 6.07) is 75.1. The molecule has 0 saturated heterocycles. The summed E-state index contributed by atoms with van der Waals surface area (Å²) in [5.41, 5.74) is 14.7. The van der Waals surface area contributed by atoms with E-state index in [0.717, 1.165) is 29.9 Å². The number of fused-ring (bicyclic) bond motifs is 5. The van der Waals surface area contributed by atoms with Crippen LogP contribution in [0, 0.1) is 0 Å². The first-order valence-corrected chi connectivity index (χ1v) is 20.2. The van der Waals surface area contributed by atoms with Crippen LogP contribution in [0.15, 0.2) is 218 Å². The molecule has 1 aromatic heterocycles. The molecule has 0 unspecified atom stereocenters. The summed E-state index contributed by atoms with van der Waals surface area (Å²) < 4.78 is 2.49. The lowest BCUT2D eigenvalue weighted by molar-refractivity contribution is 0.992. The van der Waals surface area contributed by atoms with Crippen molar-refractivity contribution in [2.75, 3.05) is 4.90 Å². The van der Waals surface area contributed by atoms with Crippen molar-refractivity contribution in [1.82, 2.24) is 4.57 Å². The lowest BCUT2D eigenvalue weighted by Crippen LogP contribution is -2.11. The smallest absolute Gasteiger partial charge is 0.0544 e. The SMILES string of the molecule is C1=C(c2ccc(N(c3ccc(-c4ccccc4)cc3)c3ccccc3-c3cccc4ccccc34)cc2)CCC(n2c3ccccc3c3cc4ccccc4cc32)=C1. The number of hydrogen-bond donors (Lipinski definition) is 0. The average molecular weight is 741 g/mol. The van der Waals surface area contributed by atoms with Crippen LogP contribution in [0.1, 0.15) is 18.4 Å². The van der Waals surface area contributed by atoms with E-state index in [1.54, 1.807) is 0 Å². The van der Waals surface area contributed by atoms with Crippen LogP contribution < -0.4 is 4.90 Å². The summed E-state index contributed by atoms with van der Waals surface area (Å²) in [5, 5.41) is 7.65. The number of anilines is 3. The Bertz CT molecular complexity index is 3200. The quantitative estimate of drug-likeness (QED) is 0.158. The molecule has 0 saturated carbocycles. The van der Waals surface area contributed by atoms with Gasteiger partial charge in [0, 0.05) is 33.4 Å². The van der Waals surface area contributed by atoms with E-state index in [9.17, 15) is 0 Å². The third kappa shape index (κ3) is 5.90. The number of aromatic nitrogens is 1. The zero-order valence-electron chi connectivity index (χ0n) is 32.1. The van der Waals surface area contributed by atoms with Crippen molar-refractivity contribution in [3.63, 3.8) is 0 Å². The van der Waals surface area contributed by atoms with Crippen LogP contribution in [0.2, 0.25) is 0 Å². The highest BCUT2D eigenvalue weighted by atomic mass is 15.1. The minimum absolute atomic E-state index is 0.965. The lowest BCUT2D eigenvalue weighted by atomic mass is 9.94. The van der Waals surface area contributed by atoms with E-state index < -0.39 is 0 Å². The van der Waals surface area contributed by atoms with Gasteiger partial charge in [-0.2, -0.15) is 0 Å². The number of para-hydroxylation sites is 2. The second-order valence-corrected chi connectivity index (χ2v) is 15.3. The van der Waals surface area contributed by atoms with Crippen molar-refractivity contribution < 1.29 is 0 Å². The van der Waals surface area contributed by atoms with E-state index in [4.69, 9.17) is 0 Å². The van der Waals surface area contributed by atoms with E-state index in [0.29, 0.717) is 0 Å². The molecule has 274 valence electrons. The van der Waals surface area contributed by atoms with Gasteiger partial charge in [0.1, 0.15) is 0 Å². The van der Waals surface area contributed by atoms with Crippen molar-refractivity contribution in [2.45, 2.75) is 12.8 Å². The summed E-state index contributed by atoms with van der Waals surface area (Å²) in [7, 11) is 0. The molecule has 0 aliphatic heterocycles. The molecule has 58 heavy (non-hydrogen) atoms. The van der Waals surface area contributed by atoms with E-state index in [2.05, 4.69) is 228 Å². The molecule has 9 aromatic carbocycles. The first-order valence-electron chi connectivity index (χ1n) is 20.2.